The summed E-state index contributed by atoms with van der Waals surface area (Å²) in [4.78, 5) is 4.97. The molecule has 1 aliphatic heterocycles. The summed E-state index contributed by atoms with van der Waals surface area (Å²) in [7, 11) is 2.20. The Balaban J connectivity index is 1.99. The van der Waals surface area contributed by atoms with Crippen molar-refractivity contribution in [2.45, 2.75) is 38.8 Å². The molecule has 112 valence electrons. The van der Waals surface area contributed by atoms with Crippen LogP contribution in [0.5, 0.6) is 0 Å². The molecule has 0 aliphatic carbocycles. The zero-order valence-corrected chi connectivity index (χ0v) is 13.2. The van der Waals surface area contributed by atoms with E-state index in [4.69, 9.17) is 5.73 Å². The summed E-state index contributed by atoms with van der Waals surface area (Å²) in [6.45, 7) is 9.03. The molecule has 3 heteroatoms. The maximum absolute atomic E-state index is 6.25. The van der Waals surface area contributed by atoms with Crippen LogP contribution >= 0.6 is 0 Å². The van der Waals surface area contributed by atoms with Crippen molar-refractivity contribution in [3.05, 3.63) is 35.4 Å². The van der Waals surface area contributed by atoms with Crippen LogP contribution in [0.25, 0.3) is 0 Å². The van der Waals surface area contributed by atoms with Gasteiger partial charge in [0.25, 0.3) is 0 Å². The minimum Gasteiger partial charge on any atom is -0.326 e. The fraction of sp³-hybridized carbons (Fsp3) is 0.647. The van der Waals surface area contributed by atoms with E-state index in [0.29, 0.717) is 6.04 Å². The van der Waals surface area contributed by atoms with Crippen LogP contribution in [0.2, 0.25) is 0 Å². The van der Waals surface area contributed by atoms with Crippen molar-refractivity contribution in [2.24, 2.45) is 5.73 Å². The molecule has 0 aromatic heterocycles. The predicted molar refractivity (Wildman–Crippen MR) is 85.9 cm³/mol. The maximum atomic E-state index is 6.25. The Kier molecular flexibility index (Phi) is 5.58. The van der Waals surface area contributed by atoms with Crippen molar-refractivity contribution in [1.82, 2.24) is 9.80 Å². The summed E-state index contributed by atoms with van der Waals surface area (Å²) in [5, 5.41) is 0. The van der Waals surface area contributed by atoms with Gasteiger partial charge in [-0.2, -0.15) is 0 Å². The predicted octanol–water partition coefficient (Wildman–Crippen LogP) is 2.41. The van der Waals surface area contributed by atoms with Gasteiger partial charge in [0.1, 0.15) is 0 Å². The summed E-state index contributed by atoms with van der Waals surface area (Å²) >= 11 is 0. The van der Waals surface area contributed by atoms with Gasteiger partial charge in [-0.25, -0.2) is 0 Å². The lowest BCUT2D eigenvalue weighted by molar-refractivity contribution is 0.188. The van der Waals surface area contributed by atoms with E-state index < -0.39 is 0 Å². The Hall–Kier alpha value is -0.900. The second-order valence-electron chi connectivity index (χ2n) is 6.25. The second-order valence-corrected chi connectivity index (χ2v) is 6.25. The Morgan fingerprint density at radius 3 is 2.60 bits per heavy atom. The lowest BCUT2D eigenvalue weighted by Gasteiger charge is -2.33. The minimum absolute atomic E-state index is 0.139. The molecule has 1 heterocycles. The lowest BCUT2D eigenvalue weighted by atomic mass is 9.98. The number of nitrogens with zero attached hydrogens (tertiary/aromatic N) is 2. The third-order valence-corrected chi connectivity index (χ3v) is 4.32. The quantitative estimate of drug-likeness (QED) is 0.865. The highest BCUT2D eigenvalue weighted by atomic mass is 15.2. The van der Waals surface area contributed by atoms with Crippen LogP contribution in [0, 0.1) is 6.92 Å². The molecule has 1 fully saturated rings. The number of likely N-dealkylation sites (N-methyl/N-ethyl adjacent to an activating group) is 1. The van der Waals surface area contributed by atoms with Crippen molar-refractivity contribution in [3.8, 4) is 0 Å². The highest BCUT2D eigenvalue weighted by Gasteiger charge is 2.22. The average Bonchev–Trinajstić information content (AvgIpc) is 2.89. The molecule has 0 spiro atoms. The molecule has 0 amide bonds. The molecule has 2 N–H and O–H groups in total. The number of hydrogen-bond donors (Lipinski definition) is 1. The van der Waals surface area contributed by atoms with Gasteiger partial charge >= 0.3 is 0 Å². The molecular formula is C17H29N3. The van der Waals surface area contributed by atoms with Gasteiger partial charge < -0.3 is 10.6 Å². The van der Waals surface area contributed by atoms with E-state index in [1.165, 1.54) is 37.1 Å². The fourth-order valence-electron chi connectivity index (χ4n) is 3.26. The SMILES string of the molecule is Cc1cccc(C(C(C)N)N(C)CCN2CCCC2)c1. The summed E-state index contributed by atoms with van der Waals surface area (Å²) in [5.74, 6) is 0. The third kappa shape index (κ3) is 4.05. The van der Waals surface area contributed by atoms with Crippen molar-refractivity contribution >= 4 is 0 Å². The van der Waals surface area contributed by atoms with Gasteiger partial charge in [0.2, 0.25) is 0 Å². The van der Waals surface area contributed by atoms with Crippen LogP contribution in [0.1, 0.15) is 36.9 Å². The van der Waals surface area contributed by atoms with Gasteiger partial charge in [0, 0.05) is 25.2 Å². The molecule has 2 rings (SSSR count). The lowest BCUT2D eigenvalue weighted by Crippen LogP contribution is -2.40. The Morgan fingerprint density at radius 1 is 1.30 bits per heavy atom. The molecular weight excluding hydrogens is 246 g/mol. The molecule has 1 aromatic carbocycles. The van der Waals surface area contributed by atoms with Gasteiger partial charge in [-0.15, -0.1) is 0 Å². The maximum Gasteiger partial charge on any atom is 0.0494 e. The monoisotopic (exact) mass is 275 g/mol. The molecule has 1 aromatic rings. The van der Waals surface area contributed by atoms with Gasteiger partial charge in [-0.1, -0.05) is 29.8 Å². The molecule has 1 saturated heterocycles. The van der Waals surface area contributed by atoms with Crippen molar-refractivity contribution in [2.75, 3.05) is 33.2 Å². The van der Waals surface area contributed by atoms with E-state index in [0.717, 1.165) is 13.1 Å². The zero-order chi connectivity index (χ0) is 14.5. The average molecular weight is 275 g/mol. The van der Waals surface area contributed by atoms with Crippen LogP contribution in [0.4, 0.5) is 0 Å². The highest BCUT2D eigenvalue weighted by Crippen LogP contribution is 2.23. The summed E-state index contributed by atoms with van der Waals surface area (Å²) in [5.41, 5.74) is 8.89. The van der Waals surface area contributed by atoms with E-state index in [9.17, 15) is 0 Å². The van der Waals surface area contributed by atoms with E-state index in [1.807, 2.05) is 0 Å². The Morgan fingerprint density at radius 2 is 2.00 bits per heavy atom. The Labute approximate surface area is 123 Å². The molecule has 0 bridgehead atoms. The van der Waals surface area contributed by atoms with Crippen LogP contribution < -0.4 is 5.73 Å². The normalized spacial score (nSPS) is 19.4. The summed E-state index contributed by atoms with van der Waals surface area (Å²) in [6, 6.07) is 9.19. The standard InChI is InChI=1S/C17H29N3/c1-14-7-6-8-16(13-14)17(15(2)18)19(3)11-12-20-9-4-5-10-20/h6-8,13,15,17H,4-5,9-12,18H2,1-3H3. The van der Waals surface area contributed by atoms with E-state index in [-0.39, 0.29) is 6.04 Å². The van der Waals surface area contributed by atoms with Crippen molar-refractivity contribution in [1.29, 1.82) is 0 Å². The van der Waals surface area contributed by atoms with Crippen molar-refractivity contribution < 1.29 is 0 Å². The summed E-state index contributed by atoms with van der Waals surface area (Å²) < 4.78 is 0. The number of nitrogens with two attached hydrogens (primary N) is 1. The molecule has 2 unspecified atom stereocenters. The van der Waals surface area contributed by atoms with Crippen LogP contribution in [0.3, 0.4) is 0 Å². The van der Waals surface area contributed by atoms with E-state index in [2.05, 4.69) is 55.0 Å². The van der Waals surface area contributed by atoms with E-state index in [1.54, 1.807) is 0 Å². The number of rotatable bonds is 6. The Bertz CT molecular complexity index is 410. The first kappa shape index (κ1) is 15.5. The number of hydrogen-bond acceptors (Lipinski definition) is 3. The summed E-state index contributed by atoms with van der Waals surface area (Å²) in [6.07, 6.45) is 2.72. The molecule has 1 aliphatic rings. The van der Waals surface area contributed by atoms with Crippen LogP contribution in [-0.2, 0) is 0 Å². The third-order valence-electron chi connectivity index (χ3n) is 4.32. The van der Waals surface area contributed by atoms with Crippen LogP contribution in [0.15, 0.2) is 24.3 Å². The topological polar surface area (TPSA) is 32.5 Å². The fourth-order valence-corrected chi connectivity index (χ4v) is 3.26. The van der Waals surface area contributed by atoms with Gasteiger partial charge in [-0.05, 0) is 52.4 Å². The largest absolute Gasteiger partial charge is 0.326 e. The molecule has 0 saturated carbocycles. The number of aryl methyl sites for hydroxylation is 1. The van der Waals surface area contributed by atoms with Gasteiger partial charge in [0.05, 0.1) is 0 Å². The van der Waals surface area contributed by atoms with Gasteiger partial charge in [0.15, 0.2) is 0 Å². The van der Waals surface area contributed by atoms with Crippen molar-refractivity contribution in [3.63, 3.8) is 0 Å². The van der Waals surface area contributed by atoms with E-state index >= 15 is 0 Å². The first-order chi connectivity index (χ1) is 9.58. The molecule has 2 atom stereocenters. The van der Waals surface area contributed by atoms with Crippen LogP contribution in [-0.4, -0.2) is 49.1 Å². The highest BCUT2D eigenvalue weighted by molar-refractivity contribution is 5.26. The zero-order valence-electron chi connectivity index (χ0n) is 13.2. The number of likely N-dealkylation sites (tertiary alicyclic amines) is 1. The van der Waals surface area contributed by atoms with Gasteiger partial charge in [-0.3, -0.25) is 4.90 Å². The first-order valence-electron chi connectivity index (χ1n) is 7.82. The molecule has 3 nitrogen and oxygen atoms in total. The first-order valence-corrected chi connectivity index (χ1v) is 7.82. The molecule has 0 radical (unpaired) electrons. The molecule has 20 heavy (non-hydrogen) atoms. The second kappa shape index (κ2) is 7.21. The number of benzene rings is 1. The minimum atomic E-state index is 0.139. The smallest absolute Gasteiger partial charge is 0.0494 e.